The Hall–Kier alpha value is -1.30. The molecule has 7 heteroatoms. The van der Waals surface area contributed by atoms with Crippen molar-refractivity contribution in [1.82, 2.24) is 10.1 Å². The molecule has 1 aromatic heterocycles. The molecule has 0 aliphatic carbocycles. The average Bonchev–Trinajstić information content (AvgIpc) is 2.82. The van der Waals surface area contributed by atoms with Crippen LogP contribution >= 0.6 is 23.2 Å². The number of halogens is 2. The molecule has 96 valence electrons. The van der Waals surface area contributed by atoms with Gasteiger partial charge in [0.25, 0.3) is 0 Å². The predicted octanol–water partition coefficient (Wildman–Crippen LogP) is 3.10. The van der Waals surface area contributed by atoms with Gasteiger partial charge in [0.2, 0.25) is 5.82 Å². The number of ether oxygens (including phenoxy) is 1. The molecule has 1 heterocycles. The first-order chi connectivity index (χ1) is 8.70. The zero-order valence-corrected chi connectivity index (χ0v) is 11.1. The van der Waals surface area contributed by atoms with Gasteiger partial charge in [0.15, 0.2) is 0 Å². The van der Waals surface area contributed by atoms with Crippen LogP contribution in [0.25, 0.3) is 11.4 Å². The summed E-state index contributed by atoms with van der Waals surface area (Å²) in [4.78, 5) is 4.18. The monoisotopic (exact) mass is 287 g/mol. The van der Waals surface area contributed by atoms with Crippen molar-refractivity contribution in [2.75, 3.05) is 25.6 Å². The van der Waals surface area contributed by atoms with Gasteiger partial charge in [-0.3, -0.25) is 0 Å². The lowest BCUT2D eigenvalue weighted by Crippen LogP contribution is -2.07. The zero-order chi connectivity index (χ0) is 13.0. The molecule has 2 rings (SSSR count). The van der Waals surface area contributed by atoms with E-state index in [1.54, 1.807) is 25.3 Å². The highest BCUT2D eigenvalue weighted by Gasteiger charge is 2.09. The molecule has 0 atom stereocenters. The Balaban J connectivity index is 2.11. The molecule has 0 unspecified atom stereocenters. The summed E-state index contributed by atoms with van der Waals surface area (Å²) in [5.41, 5.74) is 0.743. The lowest BCUT2D eigenvalue weighted by molar-refractivity contribution is 0.210. The number of benzene rings is 1. The first kappa shape index (κ1) is 13.1. The third-order valence-corrected chi connectivity index (χ3v) is 2.93. The molecular weight excluding hydrogens is 277 g/mol. The van der Waals surface area contributed by atoms with Crippen LogP contribution in [0, 0.1) is 0 Å². The number of methoxy groups -OCH3 is 1. The van der Waals surface area contributed by atoms with Crippen LogP contribution in [-0.2, 0) is 4.74 Å². The molecule has 0 aliphatic rings. The van der Waals surface area contributed by atoms with E-state index >= 15 is 0 Å². The average molecular weight is 288 g/mol. The molecule has 1 aromatic carbocycles. The van der Waals surface area contributed by atoms with Crippen LogP contribution in [0.3, 0.4) is 0 Å². The van der Waals surface area contributed by atoms with Gasteiger partial charge in [-0.2, -0.15) is 4.98 Å². The molecular formula is C11H11Cl2N3O2. The Kier molecular flexibility index (Phi) is 4.41. The summed E-state index contributed by atoms with van der Waals surface area (Å²) in [5.74, 6) is 0.452. The Morgan fingerprint density at radius 2 is 2.17 bits per heavy atom. The van der Waals surface area contributed by atoms with Crippen molar-refractivity contribution >= 4 is 29.2 Å². The van der Waals surface area contributed by atoms with Gasteiger partial charge in [0, 0.05) is 19.2 Å². The highest BCUT2D eigenvalue weighted by molar-refractivity contribution is 6.42. The van der Waals surface area contributed by atoms with E-state index in [1.807, 2.05) is 0 Å². The highest BCUT2D eigenvalue weighted by atomic mass is 35.5. The number of hydrogen-bond acceptors (Lipinski definition) is 5. The summed E-state index contributed by atoms with van der Waals surface area (Å²) in [7, 11) is 1.62. The summed E-state index contributed by atoms with van der Waals surface area (Å²) in [6.07, 6.45) is 0. The molecule has 0 amide bonds. The minimum atomic E-state index is 0.341. The van der Waals surface area contributed by atoms with Crippen molar-refractivity contribution in [1.29, 1.82) is 0 Å². The number of aromatic nitrogens is 2. The van der Waals surface area contributed by atoms with Gasteiger partial charge < -0.3 is 14.6 Å². The van der Waals surface area contributed by atoms with Crippen LogP contribution < -0.4 is 5.32 Å². The molecule has 0 bridgehead atoms. The number of hydrogen-bond donors (Lipinski definition) is 1. The van der Waals surface area contributed by atoms with E-state index in [4.69, 9.17) is 32.5 Å². The second kappa shape index (κ2) is 6.04. The number of nitrogens with zero attached hydrogens (tertiary/aromatic N) is 2. The molecule has 0 aliphatic heterocycles. The van der Waals surface area contributed by atoms with E-state index in [0.717, 1.165) is 5.56 Å². The van der Waals surface area contributed by atoms with Crippen molar-refractivity contribution in [2.45, 2.75) is 0 Å². The van der Waals surface area contributed by atoms with Crippen molar-refractivity contribution in [2.24, 2.45) is 0 Å². The topological polar surface area (TPSA) is 60.2 Å². The van der Waals surface area contributed by atoms with Crippen molar-refractivity contribution in [3.63, 3.8) is 0 Å². The van der Waals surface area contributed by atoms with Gasteiger partial charge in [0.1, 0.15) is 0 Å². The third kappa shape index (κ3) is 3.13. The molecule has 0 radical (unpaired) electrons. The van der Waals surface area contributed by atoms with Crippen LogP contribution in [0.15, 0.2) is 22.7 Å². The van der Waals surface area contributed by atoms with E-state index in [1.165, 1.54) is 0 Å². The maximum atomic E-state index is 5.92. The standard InChI is InChI=1S/C11H11Cl2N3O2/c1-17-5-4-14-11-15-10(16-18-11)7-2-3-8(12)9(13)6-7/h2-3,6H,4-5H2,1H3,(H,14,15,16). The molecule has 1 N–H and O–H groups in total. The summed E-state index contributed by atoms with van der Waals surface area (Å²) in [6, 6.07) is 5.49. The van der Waals surface area contributed by atoms with Crippen LogP contribution in [0.2, 0.25) is 10.0 Å². The lowest BCUT2D eigenvalue weighted by Gasteiger charge is -1.98. The molecule has 2 aromatic rings. The van der Waals surface area contributed by atoms with Crippen LogP contribution in [0.1, 0.15) is 0 Å². The second-order valence-electron chi connectivity index (χ2n) is 3.47. The Morgan fingerprint density at radius 1 is 1.33 bits per heavy atom. The summed E-state index contributed by atoms with van der Waals surface area (Å²) < 4.78 is 9.93. The van der Waals surface area contributed by atoms with Crippen LogP contribution in [0.4, 0.5) is 6.01 Å². The zero-order valence-electron chi connectivity index (χ0n) is 9.61. The fraction of sp³-hybridized carbons (Fsp3) is 0.273. The molecule has 0 fully saturated rings. The normalized spacial score (nSPS) is 10.6. The van der Waals surface area contributed by atoms with Crippen molar-refractivity contribution in [3.05, 3.63) is 28.2 Å². The van der Waals surface area contributed by atoms with E-state index < -0.39 is 0 Å². The number of rotatable bonds is 5. The highest BCUT2D eigenvalue weighted by Crippen LogP contribution is 2.27. The fourth-order valence-electron chi connectivity index (χ4n) is 1.31. The number of anilines is 1. The quantitative estimate of drug-likeness (QED) is 0.857. The van der Waals surface area contributed by atoms with Crippen LogP contribution in [-0.4, -0.2) is 30.4 Å². The van der Waals surface area contributed by atoms with Gasteiger partial charge in [-0.25, -0.2) is 0 Å². The number of nitrogens with one attached hydrogen (secondary N) is 1. The fourth-order valence-corrected chi connectivity index (χ4v) is 1.61. The maximum absolute atomic E-state index is 5.92. The molecule has 0 saturated carbocycles. The first-order valence-electron chi connectivity index (χ1n) is 5.22. The van der Waals surface area contributed by atoms with Crippen molar-refractivity contribution in [3.8, 4) is 11.4 Å². The SMILES string of the molecule is COCCNc1nc(-c2ccc(Cl)c(Cl)c2)no1. The van der Waals surface area contributed by atoms with Gasteiger partial charge in [-0.1, -0.05) is 28.4 Å². The molecule has 0 saturated heterocycles. The second-order valence-corrected chi connectivity index (χ2v) is 4.29. The van der Waals surface area contributed by atoms with Gasteiger partial charge in [-0.05, 0) is 18.2 Å². The summed E-state index contributed by atoms with van der Waals surface area (Å²) in [6.45, 7) is 1.16. The minimum Gasteiger partial charge on any atom is -0.383 e. The summed E-state index contributed by atoms with van der Waals surface area (Å²) in [5, 5.41) is 7.72. The van der Waals surface area contributed by atoms with E-state index in [0.29, 0.717) is 35.0 Å². The van der Waals surface area contributed by atoms with E-state index in [2.05, 4.69) is 15.5 Å². The minimum absolute atomic E-state index is 0.341. The largest absolute Gasteiger partial charge is 0.383 e. The van der Waals surface area contributed by atoms with E-state index in [-0.39, 0.29) is 0 Å². The summed E-state index contributed by atoms with van der Waals surface area (Å²) >= 11 is 11.8. The Labute approximate surface area is 114 Å². The predicted molar refractivity (Wildman–Crippen MR) is 70.1 cm³/mol. The Morgan fingerprint density at radius 3 is 2.89 bits per heavy atom. The molecule has 0 spiro atoms. The first-order valence-corrected chi connectivity index (χ1v) is 5.98. The van der Waals surface area contributed by atoms with Crippen LogP contribution in [0.5, 0.6) is 0 Å². The lowest BCUT2D eigenvalue weighted by atomic mass is 10.2. The smallest absolute Gasteiger partial charge is 0.321 e. The molecule has 5 nitrogen and oxygen atoms in total. The van der Waals surface area contributed by atoms with Gasteiger partial charge >= 0.3 is 6.01 Å². The van der Waals surface area contributed by atoms with E-state index in [9.17, 15) is 0 Å². The Bertz CT molecular complexity index is 531. The van der Waals surface area contributed by atoms with Gasteiger partial charge in [-0.15, -0.1) is 0 Å². The van der Waals surface area contributed by atoms with Gasteiger partial charge in [0.05, 0.1) is 16.7 Å². The third-order valence-electron chi connectivity index (χ3n) is 2.19. The van der Waals surface area contributed by atoms with Crippen molar-refractivity contribution < 1.29 is 9.26 Å². The molecule has 18 heavy (non-hydrogen) atoms. The maximum Gasteiger partial charge on any atom is 0.321 e.